The second-order valence-corrected chi connectivity index (χ2v) is 3.21. The van der Waals surface area contributed by atoms with Gasteiger partial charge in [0.2, 0.25) is 0 Å². The molecule has 0 aromatic rings. The smallest absolute Gasteiger partial charge is 0.156 e. The molecule has 0 aromatic heterocycles. The Balaban J connectivity index is 1.88. The Labute approximate surface area is 66.5 Å². The van der Waals surface area contributed by atoms with Crippen LogP contribution in [0.15, 0.2) is 0 Å². The van der Waals surface area contributed by atoms with Gasteiger partial charge in [-0.25, -0.2) is 0 Å². The standard InChI is InChI=1S/C8H12N2O/c9-5-8-6-10(3-4-11-8)7-1-2-7/h7-8H,1-4,6H2/t8-/m0/s1. The van der Waals surface area contributed by atoms with Gasteiger partial charge in [-0.15, -0.1) is 0 Å². The van der Waals surface area contributed by atoms with E-state index in [1.165, 1.54) is 12.8 Å². The molecule has 0 radical (unpaired) electrons. The van der Waals surface area contributed by atoms with Crippen molar-refractivity contribution in [2.45, 2.75) is 25.0 Å². The summed E-state index contributed by atoms with van der Waals surface area (Å²) in [5, 5.41) is 8.61. The summed E-state index contributed by atoms with van der Waals surface area (Å²) in [6.45, 7) is 2.57. The summed E-state index contributed by atoms with van der Waals surface area (Å²) in [7, 11) is 0. The number of hydrogen-bond acceptors (Lipinski definition) is 3. The second-order valence-electron chi connectivity index (χ2n) is 3.21. The summed E-state index contributed by atoms with van der Waals surface area (Å²) in [5.41, 5.74) is 0. The third-order valence-corrected chi connectivity index (χ3v) is 2.31. The summed E-state index contributed by atoms with van der Waals surface area (Å²) >= 11 is 0. The normalized spacial score (nSPS) is 33.2. The molecule has 11 heavy (non-hydrogen) atoms. The van der Waals surface area contributed by atoms with Crippen molar-refractivity contribution in [1.82, 2.24) is 4.90 Å². The maximum Gasteiger partial charge on any atom is 0.156 e. The number of morpholine rings is 1. The molecule has 2 fully saturated rings. The highest BCUT2D eigenvalue weighted by atomic mass is 16.5. The maximum absolute atomic E-state index is 8.61. The molecular formula is C8H12N2O. The molecular weight excluding hydrogens is 140 g/mol. The van der Waals surface area contributed by atoms with E-state index in [4.69, 9.17) is 10.00 Å². The van der Waals surface area contributed by atoms with E-state index in [1.807, 2.05) is 0 Å². The van der Waals surface area contributed by atoms with Crippen molar-refractivity contribution in [1.29, 1.82) is 5.26 Å². The zero-order valence-electron chi connectivity index (χ0n) is 6.49. The van der Waals surface area contributed by atoms with Crippen LogP contribution in [0.5, 0.6) is 0 Å². The van der Waals surface area contributed by atoms with Crippen LogP contribution in [0.25, 0.3) is 0 Å². The van der Waals surface area contributed by atoms with Crippen LogP contribution in [0.4, 0.5) is 0 Å². The van der Waals surface area contributed by atoms with Crippen molar-refractivity contribution in [2.75, 3.05) is 19.7 Å². The molecule has 1 aliphatic carbocycles. The van der Waals surface area contributed by atoms with Gasteiger partial charge in [0.15, 0.2) is 6.10 Å². The summed E-state index contributed by atoms with van der Waals surface area (Å²) in [5.74, 6) is 0. The van der Waals surface area contributed by atoms with E-state index in [9.17, 15) is 0 Å². The van der Waals surface area contributed by atoms with Gasteiger partial charge in [-0.05, 0) is 12.8 Å². The van der Waals surface area contributed by atoms with Crippen LogP contribution in [0.2, 0.25) is 0 Å². The van der Waals surface area contributed by atoms with Gasteiger partial charge < -0.3 is 4.74 Å². The lowest BCUT2D eigenvalue weighted by Crippen LogP contribution is -2.42. The van der Waals surface area contributed by atoms with Gasteiger partial charge in [0.25, 0.3) is 0 Å². The highest BCUT2D eigenvalue weighted by Crippen LogP contribution is 2.27. The first kappa shape index (κ1) is 7.08. The van der Waals surface area contributed by atoms with E-state index < -0.39 is 0 Å². The van der Waals surface area contributed by atoms with Gasteiger partial charge in [-0.3, -0.25) is 4.90 Å². The SMILES string of the molecule is N#C[C@H]1CN(C2CC2)CCO1. The number of nitrogens with zero attached hydrogens (tertiary/aromatic N) is 2. The van der Waals surface area contributed by atoms with Crippen molar-refractivity contribution in [3.05, 3.63) is 0 Å². The fraction of sp³-hybridized carbons (Fsp3) is 0.875. The minimum atomic E-state index is -0.177. The van der Waals surface area contributed by atoms with Gasteiger partial charge in [-0.1, -0.05) is 0 Å². The molecule has 0 unspecified atom stereocenters. The molecule has 3 nitrogen and oxygen atoms in total. The molecule has 1 saturated heterocycles. The Kier molecular flexibility index (Phi) is 1.80. The Morgan fingerprint density at radius 3 is 2.91 bits per heavy atom. The number of hydrogen-bond donors (Lipinski definition) is 0. The highest BCUT2D eigenvalue weighted by Gasteiger charge is 2.32. The molecule has 2 rings (SSSR count). The monoisotopic (exact) mass is 152 g/mol. The average molecular weight is 152 g/mol. The summed E-state index contributed by atoms with van der Waals surface area (Å²) in [6, 6.07) is 2.93. The van der Waals surface area contributed by atoms with Gasteiger partial charge in [0.1, 0.15) is 0 Å². The molecule has 1 aliphatic heterocycles. The van der Waals surface area contributed by atoms with Crippen molar-refractivity contribution < 1.29 is 4.74 Å². The first-order valence-corrected chi connectivity index (χ1v) is 4.15. The Morgan fingerprint density at radius 2 is 2.27 bits per heavy atom. The molecule has 0 aromatic carbocycles. The maximum atomic E-state index is 8.61. The van der Waals surface area contributed by atoms with Crippen molar-refractivity contribution >= 4 is 0 Å². The van der Waals surface area contributed by atoms with Crippen LogP contribution in [0, 0.1) is 11.3 Å². The quantitative estimate of drug-likeness (QED) is 0.544. The van der Waals surface area contributed by atoms with E-state index in [0.29, 0.717) is 0 Å². The van der Waals surface area contributed by atoms with E-state index in [1.54, 1.807) is 0 Å². The van der Waals surface area contributed by atoms with E-state index >= 15 is 0 Å². The molecule has 2 aliphatic rings. The number of ether oxygens (including phenoxy) is 1. The van der Waals surface area contributed by atoms with E-state index in [-0.39, 0.29) is 6.10 Å². The van der Waals surface area contributed by atoms with E-state index in [2.05, 4.69) is 11.0 Å². The zero-order chi connectivity index (χ0) is 7.68. The molecule has 1 saturated carbocycles. The minimum Gasteiger partial charge on any atom is -0.361 e. The Morgan fingerprint density at radius 1 is 1.45 bits per heavy atom. The van der Waals surface area contributed by atoms with Crippen LogP contribution in [0.1, 0.15) is 12.8 Å². The third-order valence-electron chi connectivity index (χ3n) is 2.31. The third kappa shape index (κ3) is 1.52. The Bertz CT molecular complexity index is 183. The fourth-order valence-electron chi connectivity index (χ4n) is 1.52. The van der Waals surface area contributed by atoms with Crippen molar-refractivity contribution in [2.24, 2.45) is 0 Å². The molecule has 0 N–H and O–H groups in total. The highest BCUT2D eigenvalue weighted by molar-refractivity contribution is 4.94. The number of nitriles is 1. The van der Waals surface area contributed by atoms with Crippen molar-refractivity contribution in [3.8, 4) is 6.07 Å². The summed E-state index contributed by atoms with van der Waals surface area (Å²) < 4.78 is 5.23. The fourth-order valence-corrected chi connectivity index (χ4v) is 1.52. The summed E-state index contributed by atoms with van der Waals surface area (Å²) in [6.07, 6.45) is 2.46. The lowest BCUT2D eigenvalue weighted by molar-refractivity contribution is -0.00283. The van der Waals surface area contributed by atoms with Crippen molar-refractivity contribution in [3.63, 3.8) is 0 Å². The topological polar surface area (TPSA) is 36.3 Å². The molecule has 3 heteroatoms. The van der Waals surface area contributed by atoms with E-state index in [0.717, 1.165) is 25.7 Å². The lowest BCUT2D eigenvalue weighted by Gasteiger charge is -2.29. The molecule has 1 atom stereocenters. The predicted molar refractivity (Wildman–Crippen MR) is 39.9 cm³/mol. The molecule has 0 amide bonds. The zero-order valence-corrected chi connectivity index (χ0v) is 6.49. The van der Waals surface area contributed by atoms with Crippen LogP contribution < -0.4 is 0 Å². The van der Waals surface area contributed by atoms with Gasteiger partial charge in [0.05, 0.1) is 12.7 Å². The van der Waals surface area contributed by atoms with Crippen LogP contribution >= 0.6 is 0 Å². The first-order valence-electron chi connectivity index (χ1n) is 4.15. The van der Waals surface area contributed by atoms with Crippen LogP contribution in [-0.4, -0.2) is 36.7 Å². The van der Waals surface area contributed by atoms with Gasteiger partial charge >= 0.3 is 0 Å². The molecule has 1 heterocycles. The van der Waals surface area contributed by atoms with Gasteiger partial charge in [0, 0.05) is 19.1 Å². The van der Waals surface area contributed by atoms with Crippen LogP contribution in [0.3, 0.4) is 0 Å². The molecule has 0 bridgehead atoms. The largest absolute Gasteiger partial charge is 0.361 e. The van der Waals surface area contributed by atoms with Crippen LogP contribution in [-0.2, 0) is 4.74 Å². The predicted octanol–water partition coefficient (Wildman–Crippen LogP) is 0.373. The molecule has 0 spiro atoms. The average Bonchev–Trinajstić information content (AvgIpc) is 2.87. The Hall–Kier alpha value is -0.590. The first-order chi connectivity index (χ1) is 5.40. The molecule has 60 valence electrons. The summed E-state index contributed by atoms with van der Waals surface area (Å²) in [4.78, 5) is 2.37. The van der Waals surface area contributed by atoms with Gasteiger partial charge in [-0.2, -0.15) is 5.26 Å². The minimum absolute atomic E-state index is 0.177. The second kappa shape index (κ2) is 2.80. The number of rotatable bonds is 1. The lowest BCUT2D eigenvalue weighted by atomic mass is 10.3.